The Balaban J connectivity index is 4.88. The Labute approximate surface area is 260 Å². The van der Waals surface area contributed by atoms with Crippen LogP contribution in [0.1, 0.15) is 188 Å². The van der Waals surface area contributed by atoms with Gasteiger partial charge in [-0.15, -0.1) is 0 Å². The maximum atomic E-state index is 6.77. The topological polar surface area (TPSA) is 12.5 Å². The number of rotatable bonds is 33. The zero-order valence-corrected chi connectivity index (χ0v) is 29.1. The molecule has 0 heterocycles. The fourth-order valence-corrected chi connectivity index (χ4v) is 5.88. The van der Waals surface area contributed by atoms with Gasteiger partial charge in [-0.05, 0) is 116 Å². The van der Waals surface area contributed by atoms with Gasteiger partial charge < -0.3 is 9.64 Å². The molecule has 0 bridgehead atoms. The summed E-state index contributed by atoms with van der Waals surface area (Å²) in [5.74, 6) is 0.725. The molecular weight excluding hydrogens is 498 g/mol. The summed E-state index contributed by atoms with van der Waals surface area (Å²) in [4.78, 5) is 2.30. The average molecular weight is 576 g/mol. The van der Waals surface area contributed by atoms with Crippen LogP contribution in [0.3, 0.4) is 0 Å². The minimum atomic E-state index is 0.464. The van der Waals surface area contributed by atoms with E-state index in [1.807, 2.05) is 0 Å². The van der Waals surface area contributed by atoms with E-state index in [4.69, 9.17) is 4.74 Å². The van der Waals surface area contributed by atoms with Crippen molar-refractivity contribution in [2.24, 2.45) is 5.92 Å². The van der Waals surface area contributed by atoms with Crippen LogP contribution in [0.2, 0.25) is 0 Å². The van der Waals surface area contributed by atoms with Crippen molar-refractivity contribution >= 4 is 0 Å². The third-order valence-corrected chi connectivity index (χ3v) is 8.62. The zero-order valence-electron chi connectivity index (χ0n) is 29.1. The van der Waals surface area contributed by atoms with Crippen LogP contribution >= 0.6 is 0 Å². The highest BCUT2D eigenvalue weighted by atomic mass is 16.5. The second-order valence-electron chi connectivity index (χ2n) is 13.1. The Bertz CT molecular complexity index is 514. The largest absolute Gasteiger partial charge is 0.378 e. The van der Waals surface area contributed by atoms with E-state index in [1.165, 1.54) is 173 Å². The van der Waals surface area contributed by atoms with E-state index in [0.717, 1.165) is 12.5 Å². The van der Waals surface area contributed by atoms with Crippen molar-refractivity contribution in [3.05, 3.63) is 24.3 Å². The van der Waals surface area contributed by atoms with Crippen LogP contribution in [-0.2, 0) is 4.74 Å². The second kappa shape index (κ2) is 33.9. The van der Waals surface area contributed by atoms with Crippen molar-refractivity contribution in [2.75, 3.05) is 27.2 Å². The summed E-state index contributed by atoms with van der Waals surface area (Å²) < 4.78 is 6.77. The van der Waals surface area contributed by atoms with Gasteiger partial charge in [0.1, 0.15) is 0 Å². The molecule has 2 nitrogen and oxygen atoms in total. The Hall–Kier alpha value is -0.600. The molecule has 0 aromatic rings. The summed E-state index contributed by atoms with van der Waals surface area (Å²) in [5.41, 5.74) is 0. The van der Waals surface area contributed by atoms with Gasteiger partial charge in [-0.1, -0.05) is 122 Å². The van der Waals surface area contributed by atoms with E-state index in [0.29, 0.717) is 6.10 Å². The van der Waals surface area contributed by atoms with Crippen molar-refractivity contribution < 1.29 is 4.74 Å². The molecule has 0 aliphatic heterocycles. The highest BCUT2D eigenvalue weighted by Gasteiger charge is 2.21. The van der Waals surface area contributed by atoms with Gasteiger partial charge in [0.15, 0.2) is 0 Å². The first-order chi connectivity index (χ1) is 20.2. The fourth-order valence-electron chi connectivity index (χ4n) is 5.88. The summed E-state index contributed by atoms with van der Waals surface area (Å²) in [6, 6.07) is 0. The van der Waals surface area contributed by atoms with Crippen LogP contribution in [0.4, 0.5) is 0 Å². The molecule has 0 N–H and O–H groups in total. The molecule has 0 aromatic heterocycles. The van der Waals surface area contributed by atoms with Gasteiger partial charge in [-0.2, -0.15) is 0 Å². The molecule has 0 spiro atoms. The van der Waals surface area contributed by atoms with Crippen LogP contribution in [0, 0.1) is 5.92 Å². The Morgan fingerprint density at radius 3 is 1.41 bits per heavy atom. The molecule has 1 atom stereocenters. The fraction of sp³-hybridized carbons (Fsp3) is 0.897. The lowest BCUT2D eigenvalue weighted by atomic mass is 9.87. The standard InChI is InChI=1S/C39H77NO/c1-6-9-12-15-18-21-24-28-33-38(34-29-25-22-19-16-13-10-7-2)39(41-37-32-27-31-36-40(4)5)35-30-26-23-20-17-14-11-8-3/h18-19,21-22,38-39H,6-17,20,23-37H2,1-5H3/b21-18-,22-19-. The molecule has 1 unspecified atom stereocenters. The summed E-state index contributed by atoms with van der Waals surface area (Å²) >= 11 is 0. The number of ether oxygens (including phenoxy) is 1. The first-order valence-corrected chi connectivity index (χ1v) is 18.7. The van der Waals surface area contributed by atoms with E-state index in [-0.39, 0.29) is 0 Å². The maximum absolute atomic E-state index is 6.77. The number of unbranched alkanes of at least 4 members (excludes halogenated alkanes) is 17. The lowest BCUT2D eigenvalue weighted by Crippen LogP contribution is -2.25. The van der Waals surface area contributed by atoms with Crippen LogP contribution in [-0.4, -0.2) is 38.3 Å². The van der Waals surface area contributed by atoms with Gasteiger partial charge in [0.05, 0.1) is 6.10 Å². The highest BCUT2D eigenvalue weighted by molar-refractivity contribution is 4.84. The smallest absolute Gasteiger partial charge is 0.0603 e. The van der Waals surface area contributed by atoms with E-state index in [2.05, 4.69) is 64.1 Å². The van der Waals surface area contributed by atoms with E-state index in [9.17, 15) is 0 Å². The van der Waals surface area contributed by atoms with Crippen LogP contribution in [0.15, 0.2) is 24.3 Å². The minimum Gasteiger partial charge on any atom is -0.378 e. The van der Waals surface area contributed by atoms with Gasteiger partial charge in [0.25, 0.3) is 0 Å². The monoisotopic (exact) mass is 576 g/mol. The molecule has 0 amide bonds. The van der Waals surface area contributed by atoms with Crippen molar-refractivity contribution in [2.45, 2.75) is 194 Å². The molecule has 0 rings (SSSR count). The number of hydrogen-bond acceptors (Lipinski definition) is 2. The average Bonchev–Trinajstić information content (AvgIpc) is 2.96. The molecule has 244 valence electrons. The van der Waals surface area contributed by atoms with Gasteiger partial charge >= 0.3 is 0 Å². The lowest BCUT2D eigenvalue weighted by molar-refractivity contribution is -0.00323. The van der Waals surface area contributed by atoms with Crippen molar-refractivity contribution in [1.82, 2.24) is 4.90 Å². The summed E-state index contributed by atoms with van der Waals surface area (Å²) in [6.07, 6.45) is 45.0. The zero-order chi connectivity index (χ0) is 30.1. The van der Waals surface area contributed by atoms with Crippen molar-refractivity contribution in [3.8, 4) is 0 Å². The van der Waals surface area contributed by atoms with Gasteiger partial charge in [0.2, 0.25) is 0 Å². The Morgan fingerprint density at radius 1 is 0.463 bits per heavy atom. The SMILES string of the molecule is CCCCC/C=C\CCCC(CCC/C=C\CCCCC)C(CCCCCCCCCC)OCCCCCN(C)C. The maximum Gasteiger partial charge on any atom is 0.0603 e. The predicted octanol–water partition coefficient (Wildman–Crippen LogP) is 12.9. The highest BCUT2D eigenvalue weighted by Crippen LogP contribution is 2.27. The first kappa shape index (κ1) is 40.4. The van der Waals surface area contributed by atoms with Crippen molar-refractivity contribution in [3.63, 3.8) is 0 Å². The van der Waals surface area contributed by atoms with Crippen LogP contribution < -0.4 is 0 Å². The van der Waals surface area contributed by atoms with E-state index < -0.39 is 0 Å². The molecule has 41 heavy (non-hydrogen) atoms. The quantitative estimate of drug-likeness (QED) is 0.0570. The summed E-state index contributed by atoms with van der Waals surface area (Å²) in [5, 5.41) is 0. The Morgan fingerprint density at radius 2 is 0.902 bits per heavy atom. The first-order valence-electron chi connectivity index (χ1n) is 18.7. The van der Waals surface area contributed by atoms with Gasteiger partial charge in [-0.25, -0.2) is 0 Å². The molecule has 0 aliphatic carbocycles. The summed E-state index contributed by atoms with van der Waals surface area (Å²) in [6.45, 7) is 9.05. The minimum absolute atomic E-state index is 0.464. The molecule has 0 fully saturated rings. The molecule has 0 aromatic carbocycles. The molecular formula is C39H77NO. The predicted molar refractivity (Wildman–Crippen MR) is 187 cm³/mol. The lowest BCUT2D eigenvalue weighted by Gasteiger charge is -2.28. The molecule has 0 saturated heterocycles. The normalized spacial score (nSPS) is 13.0. The van der Waals surface area contributed by atoms with E-state index in [1.54, 1.807) is 0 Å². The van der Waals surface area contributed by atoms with Gasteiger partial charge in [0, 0.05) is 6.61 Å². The Kier molecular flexibility index (Phi) is 33.4. The molecule has 2 heteroatoms. The van der Waals surface area contributed by atoms with E-state index >= 15 is 0 Å². The third kappa shape index (κ3) is 30.7. The van der Waals surface area contributed by atoms with Gasteiger partial charge in [-0.3, -0.25) is 0 Å². The number of hydrogen-bond donors (Lipinski definition) is 0. The molecule has 0 aliphatic rings. The second-order valence-corrected chi connectivity index (χ2v) is 13.1. The van der Waals surface area contributed by atoms with Crippen LogP contribution in [0.25, 0.3) is 0 Å². The number of allylic oxidation sites excluding steroid dienone is 4. The number of nitrogens with zero attached hydrogens (tertiary/aromatic N) is 1. The summed E-state index contributed by atoms with van der Waals surface area (Å²) in [7, 11) is 4.36. The third-order valence-electron chi connectivity index (χ3n) is 8.62. The molecule has 0 saturated carbocycles. The van der Waals surface area contributed by atoms with Crippen LogP contribution in [0.5, 0.6) is 0 Å². The molecule has 0 radical (unpaired) electrons. The van der Waals surface area contributed by atoms with Crippen molar-refractivity contribution in [1.29, 1.82) is 0 Å².